The number of nitrogens with one attached hydrogen (secondary N) is 1. The van der Waals surface area contributed by atoms with Gasteiger partial charge in [0.1, 0.15) is 18.5 Å². The van der Waals surface area contributed by atoms with E-state index in [1.54, 1.807) is 0 Å². The first-order valence-corrected chi connectivity index (χ1v) is 10.5. The topological polar surface area (TPSA) is 129 Å². The van der Waals surface area contributed by atoms with Gasteiger partial charge in [0.15, 0.2) is 17.2 Å². The molecule has 4 rings (SSSR count). The summed E-state index contributed by atoms with van der Waals surface area (Å²) >= 11 is 0. The van der Waals surface area contributed by atoms with Crippen LogP contribution in [0, 0.1) is 10.1 Å². The van der Waals surface area contributed by atoms with Crippen LogP contribution in [0.5, 0.6) is 17.2 Å². The van der Waals surface area contributed by atoms with E-state index >= 15 is 0 Å². The van der Waals surface area contributed by atoms with Crippen LogP contribution >= 0.6 is 0 Å². The number of anilines is 1. The Balaban J connectivity index is 1.41. The molecule has 1 aliphatic rings. The van der Waals surface area contributed by atoms with E-state index < -0.39 is 11.0 Å². The molecule has 1 aliphatic heterocycles. The Bertz CT molecular complexity index is 1110. The Kier molecular flexibility index (Phi) is 6.92. The Morgan fingerprint density at radius 3 is 2.67 bits per heavy atom. The SMILES string of the molecule is Nc1c(OC[C@@H](O)CNC(Cc2ccccc2)c2ccc3c(c2)OCO3)cccc1[N+](=O)[O-]. The minimum atomic E-state index is -0.865. The van der Waals surface area contributed by atoms with E-state index in [1.165, 1.54) is 18.2 Å². The number of para-hydroxylation sites is 1. The van der Waals surface area contributed by atoms with Crippen molar-refractivity contribution in [3.63, 3.8) is 0 Å². The van der Waals surface area contributed by atoms with Gasteiger partial charge in [-0.15, -0.1) is 0 Å². The highest BCUT2D eigenvalue weighted by molar-refractivity contribution is 5.66. The van der Waals surface area contributed by atoms with Crippen LogP contribution in [0.4, 0.5) is 11.4 Å². The van der Waals surface area contributed by atoms with Gasteiger partial charge in [-0.2, -0.15) is 0 Å². The molecule has 0 saturated heterocycles. The first kappa shape index (κ1) is 22.4. The third kappa shape index (κ3) is 5.51. The molecule has 9 nitrogen and oxygen atoms in total. The number of hydrogen-bond acceptors (Lipinski definition) is 8. The van der Waals surface area contributed by atoms with Crippen molar-refractivity contribution in [2.75, 3.05) is 25.7 Å². The fourth-order valence-electron chi connectivity index (χ4n) is 3.63. The number of rotatable bonds is 10. The third-order valence-corrected chi connectivity index (χ3v) is 5.35. The van der Waals surface area contributed by atoms with Crippen LogP contribution in [0.3, 0.4) is 0 Å². The second-order valence-electron chi connectivity index (χ2n) is 7.67. The zero-order chi connectivity index (χ0) is 23.2. The van der Waals surface area contributed by atoms with E-state index in [1.807, 2.05) is 48.5 Å². The van der Waals surface area contributed by atoms with Crippen LogP contribution < -0.4 is 25.3 Å². The smallest absolute Gasteiger partial charge is 0.295 e. The fourth-order valence-corrected chi connectivity index (χ4v) is 3.63. The zero-order valence-corrected chi connectivity index (χ0v) is 17.8. The van der Waals surface area contributed by atoms with Gasteiger partial charge in [-0.3, -0.25) is 10.1 Å². The van der Waals surface area contributed by atoms with Crippen molar-refractivity contribution in [3.05, 3.63) is 88.0 Å². The molecular weight excluding hydrogens is 426 g/mol. The predicted molar refractivity (Wildman–Crippen MR) is 122 cm³/mol. The molecule has 3 aromatic rings. The van der Waals surface area contributed by atoms with E-state index in [2.05, 4.69) is 5.32 Å². The second-order valence-corrected chi connectivity index (χ2v) is 7.67. The number of aliphatic hydroxyl groups excluding tert-OH is 1. The number of nitro benzene ring substituents is 1. The summed E-state index contributed by atoms with van der Waals surface area (Å²) in [4.78, 5) is 10.5. The summed E-state index contributed by atoms with van der Waals surface area (Å²) in [7, 11) is 0. The number of benzene rings is 3. The van der Waals surface area contributed by atoms with Crippen molar-refractivity contribution in [1.82, 2.24) is 5.32 Å². The van der Waals surface area contributed by atoms with Gasteiger partial charge < -0.3 is 30.4 Å². The van der Waals surface area contributed by atoms with Gasteiger partial charge in [0, 0.05) is 18.7 Å². The van der Waals surface area contributed by atoms with Crippen LogP contribution in [0.2, 0.25) is 0 Å². The largest absolute Gasteiger partial charge is 0.488 e. The molecular formula is C24H25N3O6. The van der Waals surface area contributed by atoms with Gasteiger partial charge in [0.25, 0.3) is 5.69 Å². The Hall–Kier alpha value is -3.82. The van der Waals surface area contributed by atoms with Gasteiger partial charge in [-0.25, -0.2) is 0 Å². The molecule has 9 heteroatoms. The first-order valence-electron chi connectivity index (χ1n) is 10.5. The number of nitro groups is 1. The molecule has 2 atom stereocenters. The lowest BCUT2D eigenvalue weighted by Gasteiger charge is -2.22. The average molecular weight is 451 g/mol. The van der Waals surface area contributed by atoms with Crippen LogP contribution in [-0.2, 0) is 6.42 Å². The Labute approximate surface area is 190 Å². The van der Waals surface area contributed by atoms with E-state index in [0.717, 1.165) is 11.1 Å². The van der Waals surface area contributed by atoms with E-state index in [0.29, 0.717) is 17.9 Å². The van der Waals surface area contributed by atoms with Crippen molar-refractivity contribution in [1.29, 1.82) is 0 Å². The Morgan fingerprint density at radius 2 is 1.88 bits per heavy atom. The number of nitrogens with zero attached hydrogens (tertiary/aromatic N) is 1. The van der Waals surface area contributed by atoms with Crippen molar-refractivity contribution in [2.45, 2.75) is 18.6 Å². The lowest BCUT2D eigenvalue weighted by molar-refractivity contribution is -0.384. The maximum absolute atomic E-state index is 11.0. The molecule has 4 N–H and O–H groups in total. The number of nitrogens with two attached hydrogens (primary N) is 1. The summed E-state index contributed by atoms with van der Waals surface area (Å²) < 4.78 is 16.5. The highest BCUT2D eigenvalue weighted by Gasteiger charge is 2.20. The van der Waals surface area contributed by atoms with Gasteiger partial charge in [-0.1, -0.05) is 42.5 Å². The highest BCUT2D eigenvalue weighted by atomic mass is 16.7. The average Bonchev–Trinajstić information content (AvgIpc) is 3.29. The molecule has 0 aliphatic carbocycles. The van der Waals surface area contributed by atoms with Gasteiger partial charge in [0.2, 0.25) is 6.79 Å². The van der Waals surface area contributed by atoms with E-state index in [9.17, 15) is 15.2 Å². The summed E-state index contributed by atoms with van der Waals surface area (Å²) in [6, 6.07) is 20.1. The second kappa shape index (κ2) is 10.2. The number of fused-ring (bicyclic) bond motifs is 1. The number of aliphatic hydroxyl groups is 1. The molecule has 1 heterocycles. The molecule has 3 aromatic carbocycles. The Morgan fingerprint density at radius 1 is 1.09 bits per heavy atom. The molecule has 0 aromatic heterocycles. The van der Waals surface area contributed by atoms with Crippen molar-refractivity contribution in [2.24, 2.45) is 0 Å². The molecule has 0 amide bonds. The number of nitrogen functional groups attached to an aromatic ring is 1. The maximum Gasteiger partial charge on any atom is 0.295 e. The first-order chi connectivity index (χ1) is 16.0. The summed E-state index contributed by atoms with van der Waals surface area (Å²) in [6.07, 6.45) is -0.165. The predicted octanol–water partition coefficient (Wildman–Crippen LogP) is 3.22. The molecule has 0 bridgehead atoms. The third-order valence-electron chi connectivity index (χ3n) is 5.35. The normalized spacial score (nSPS) is 14.0. The minimum Gasteiger partial charge on any atom is -0.488 e. The number of hydrogen-bond donors (Lipinski definition) is 3. The summed E-state index contributed by atoms with van der Waals surface area (Å²) in [5.74, 6) is 1.57. The standard InChI is InChI=1S/C24H25N3O6/c25-24-20(27(29)30)7-4-8-22(24)31-14-18(28)13-26-19(11-16-5-2-1-3-6-16)17-9-10-21-23(12-17)33-15-32-21/h1-10,12,18-19,26,28H,11,13-15,25H2/t18-,19?/m0/s1. The van der Waals surface area contributed by atoms with Crippen LogP contribution in [0.25, 0.3) is 0 Å². The molecule has 0 saturated carbocycles. The fraction of sp³-hybridized carbons (Fsp3) is 0.250. The lowest BCUT2D eigenvalue weighted by Crippen LogP contribution is -2.34. The highest BCUT2D eigenvalue weighted by Crippen LogP contribution is 2.35. The van der Waals surface area contributed by atoms with Crippen LogP contribution in [0.1, 0.15) is 17.2 Å². The van der Waals surface area contributed by atoms with Crippen molar-refractivity contribution < 1.29 is 24.2 Å². The number of ether oxygens (including phenoxy) is 3. The van der Waals surface area contributed by atoms with Gasteiger partial charge >= 0.3 is 0 Å². The molecule has 172 valence electrons. The molecule has 33 heavy (non-hydrogen) atoms. The monoisotopic (exact) mass is 451 g/mol. The van der Waals surface area contributed by atoms with E-state index in [4.69, 9.17) is 19.9 Å². The lowest BCUT2D eigenvalue weighted by atomic mass is 9.98. The zero-order valence-electron chi connectivity index (χ0n) is 17.8. The molecule has 0 fully saturated rings. The van der Waals surface area contributed by atoms with Crippen LogP contribution in [-0.4, -0.2) is 36.1 Å². The van der Waals surface area contributed by atoms with Gasteiger partial charge in [0.05, 0.1) is 4.92 Å². The maximum atomic E-state index is 11.0. The molecule has 0 spiro atoms. The summed E-state index contributed by atoms with van der Waals surface area (Å²) in [5.41, 5.74) is 7.66. The summed E-state index contributed by atoms with van der Waals surface area (Å²) in [5, 5.41) is 24.9. The van der Waals surface area contributed by atoms with Crippen LogP contribution in [0.15, 0.2) is 66.7 Å². The molecule has 1 unspecified atom stereocenters. The minimum absolute atomic E-state index is 0.0648. The van der Waals surface area contributed by atoms with Gasteiger partial charge in [-0.05, 0) is 35.7 Å². The quantitative estimate of drug-likeness (QED) is 0.243. The van der Waals surface area contributed by atoms with Crippen molar-refractivity contribution >= 4 is 11.4 Å². The van der Waals surface area contributed by atoms with E-state index in [-0.39, 0.29) is 43.1 Å². The van der Waals surface area contributed by atoms with Crippen molar-refractivity contribution in [3.8, 4) is 17.2 Å². The molecule has 0 radical (unpaired) electrons. The summed E-state index contributed by atoms with van der Waals surface area (Å²) in [6.45, 7) is 0.366.